The molecule has 0 unspecified atom stereocenters. The van der Waals surface area contributed by atoms with Gasteiger partial charge in [-0.15, -0.1) is 22.7 Å². The van der Waals surface area contributed by atoms with Gasteiger partial charge in [-0.25, -0.2) is 4.39 Å². The van der Waals surface area contributed by atoms with E-state index < -0.39 is 5.82 Å². The minimum atomic E-state index is -0.437. The monoisotopic (exact) mass is 502 g/mol. The van der Waals surface area contributed by atoms with Crippen LogP contribution in [0.1, 0.15) is 32.6 Å². The average Bonchev–Trinajstić information content (AvgIpc) is 3.54. The van der Waals surface area contributed by atoms with Crippen LogP contribution in [0.5, 0.6) is 5.75 Å². The molecule has 2 aromatic heterocycles. The van der Waals surface area contributed by atoms with Crippen molar-refractivity contribution in [1.29, 1.82) is 0 Å². The Labute approximate surface area is 206 Å². The van der Waals surface area contributed by atoms with E-state index in [2.05, 4.69) is 0 Å². The van der Waals surface area contributed by atoms with Crippen LogP contribution < -0.4 is 4.74 Å². The Morgan fingerprint density at radius 1 is 1.15 bits per heavy atom. The maximum absolute atomic E-state index is 14.1. The van der Waals surface area contributed by atoms with Crippen molar-refractivity contribution >= 4 is 34.5 Å². The fourth-order valence-corrected chi connectivity index (χ4v) is 5.69. The van der Waals surface area contributed by atoms with Crippen molar-refractivity contribution in [2.45, 2.75) is 18.9 Å². The van der Waals surface area contributed by atoms with Crippen molar-refractivity contribution in [3.05, 3.63) is 74.4 Å². The Kier molecular flexibility index (Phi) is 8.31. The molecule has 0 aliphatic carbocycles. The number of hydrogen-bond acceptors (Lipinski definition) is 6. The minimum Gasteiger partial charge on any atom is -0.488 e. The molecule has 1 atom stereocenters. The van der Waals surface area contributed by atoms with Gasteiger partial charge in [0.05, 0.1) is 10.9 Å². The lowest BCUT2D eigenvalue weighted by Crippen LogP contribution is -2.48. The number of carbonyl (C=O) groups excluding carboxylic acids is 2. The van der Waals surface area contributed by atoms with Crippen molar-refractivity contribution < 1.29 is 23.5 Å². The molecule has 0 bridgehead atoms. The number of hydrogen-bond donors (Lipinski definition) is 0. The SMILES string of the molecule is COCCCN(CC(=O)N1CCc2sccc2[C@H]1COc1ccccc1F)C(=O)c1cccs1. The Morgan fingerprint density at radius 3 is 2.76 bits per heavy atom. The van der Waals surface area contributed by atoms with E-state index in [1.807, 2.05) is 22.9 Å². The van der Waals surface area contributed by atoms with E-state index in [1.165, 1.54) is 22.3 Å². The van der Waals surface area contributed by atoms with E-state index in [0.29, 0.717) is 31.0 Å². The number of nitrogens with zero attached hydrogens (tertiary/aromatic N) is 2. The van der Waals surface area contributed by atoms with Gasteiger partial charge in [0.2, 0.25) is 5.91 Å². The first-order valence-electron chi connectivity index (χ1n) is 11.1. The van der Waals surface area contributed by atoms with Crippen LogP contribution in [0.3, 0.4) is 0 Å². The summed E-state index contributed by atoms with van der Waals surface area (Å²) in [6, 6.07) is 11.5. The summed E-state index contributed by atoms with van der Waals surface area (Å²) in [4.78, 5) is 31.7. The summed E-state index contributed by atoms with van der Waals surface area (Å²) >= 11 is 3.01. The van der Waals surface area contributed by atoms with E-state index >= 15 is 0 Å². The van der Waals surface area contributed by atoms with Gasteiger partial charge in [0.1, 0.15) is 13.2 Å². The standard InChI is InChI=1S/C25H27FN2O4S2/c1-31-13-5-11-27(25(30)23-8-4-14-33-23)16-24(29)28-12-9-22-18(10-15-34-22)20(28)17-32-21-7-3-2-6-19(21)26/h2-4,6-8,10,14-15,20H,5,9,11-13,16-17H2,1H3/t20-/m1/s1. The lowest BCUT2D eigenvalue weighted by molar-refractivity contribution is -0.135. The van der Waals surface area contributed by atoms with Gasteiger partial charge in [-0.05, 0) is 53.4 Å². The topological polar surface area (TPSA) is 59.1 Å². The maximum Gasteiger partial charge on any atom is 0.264 e. The predicted octanol–water partition coefficient (Wildman–Crippen LogP) is 4.63. The van der Waals surface area contributed by atoms with Crippen LogP contribution >= 0.6 is 22.7 Å². The van der Waals surface area contributed by atoms with Crippen LogP contribution in [0.4, 0.5) is 4.39 Å². The first-order chi connectivity index (χ1) is 16.6. The van der Waals surface area contributed by atoms with Crippen molar-refractivity contribution in [3.63, 3.8) is 0 Å². The van der Waals surface area contributed by atoms with Crippen LogP contribution in [0.25, 0.3) is 0 Å². The molecule has 4 rings (SSSR count). The molecule has 2 amide bonds. The summed E-state index contributed by atoms with van der Waals surface area (Å²) in [7, 11) is 1.61. The van der Waals surface area contributed by atoms with E-state index in [0.717, 1.165) is 12.0 Å². The molecule has 0 radical (unpaired) electrons. The molecule has 3 aromatic rings. The van der Waals surface area contributed by atoms with Gasteiger partial charge in [-0.1, -0.05) is 18.2 Å². The number of methoxy groups -OCH3 is 1. The molecule has 9 heteroatoms. The van der Waals surface area contributed by atoms with Crippen LogP contribution in [-0.2, 0) is 16.0 Å². The number of carbonyl (C=O) groups is 2. The molecule has 34 heavy (non-hydrogen) atoms. The van der Waals surface area contributed by atoms with Crippen molar-refractivity contribution in [1.82, 2.24) is 9.80 Å². The number of benzene rings is 1. The zero-order valence-corrected chi connectivity index (χ0v) is 20.6. The van der Waals surface area contributed by atoms with Crippen LogP contribution in [0.15, 0.2) is 53.2 Å². The van der Waals surface area contributed by atoms with Crippen molar-refractivity contribution in [2.75, 3.05) is 40.0 Å². The van der Waals surface area contributed by atoms with Crippen molar-refractivity contribution in [3.8, 4) is 5.75 Å². The molecular formula is C25H27FN2O4S2. The van der Waals surface area contributed by atoms with Gasteiger partial charge < -0.3 is 19.3 Å². The highest BCUT2D eigenvalue weighted by molar-refractivity contribution is 7.12. The first kappa shape index (κ1) is 24.4. The molecule has 0 spiro atoms. The fourth-order valence-electron chi connectivity index (χ4n) is 4.07. The van der Waals surface area contributed by atoms with Crippen LogP contribution in [-0.4, -0.2) is 61.6 Å². The molecule has 6 nitrogen and oxygen atoms in total. The maximum atomic E-state index is 14.1. The quantitative estimate of drug-likeness (QED) is 0.379. The van der Waals surface area contributed by atoms with Gasteiger partial charge in [0.15, 0.2) is 11.6 Å². The van der Waals surface area contributed by atoms with E-state index in [1.54, 1.807) is 52.5 Å². The van der Waals surface area contributed by atoms with Crippen LogP contribution in [0, 0.1) is 5.82 Å². The molecule has 1 aliphatic heterocycles. The molecule has 0 saturated carbocycles. The Hall–Kier alpha value is -2.75. The summed E-state index contributed by atoms with van der Waals surface area (Å²) in [5.74, 6) is -0.591. The normalized spacial score (nSPS) is 15.1. The summed E-state index contributed by atoms with van der Waals surface area (Å²) in [6.07, 6.45) is 1.38. The van der Waals surface area contributed by atoms with Crippen LogP contribution in [0.2, 0.25) is 0 Å². The Balaban J connectivity index is 1.51. The van der Waals surface area contributed by atoms with E-state index in [9.17, 15) is 14.0 Å². The second-order valence-electron chi connectivity index (χ2n) is 7.94. The lowest BCUT2D eigenvalue weighted by atomic mass is 10.0. The van der Waals surface area contributed by atoms with Gasteiger partial charge in [-0.2, -0.15) is 0 Å². The van der Waals surface area contributed by atoms with Crippen molar-refractivity contribution in [2.24, 2.45) is 0 Å². The third kappa shape index (κ3) is 5.65. The second-order valence-corrected chi connectivity index (χ2v) is 9.89. The highest BCUT2D eigenvalue weighted by Crippen LogP contribution is 2.34. The average molecular weight is 503 g/mol. The Morgan fingerprint density at radius 2 is 2.00 bits per heavy atom. The van der Waals surface area contributed by atoms with Gasteiger partial charge in [0, 0.05) is 31.7 Å². The number of halogens is 1. The Bertz CT molecular complexity index is 1100. The van der Waals surface area contributed by atoms with Gasteiger partial charge in [0.25, 0.3) is 5.91 Å². The number of ether oxygens (including phenoxy) is 2. The summed E-state index contributed by atoms with van der Waals surface area (Å²) < 4.78 is 25.1. The zero-order valence-electron chi connectivity index (χ0n) is 18.9. The smallest absolute Gasteiger partial charge is 0.264 e. The molecule has 0 fully saturated rings. The van der Waals surface area contributed by atoms with E-state index in [-0.39, 0.29) is 36.8 Å². The predicted molar refractivity (Wildman–Crippen MR) is 131 cm³/mol. The number of rotatable bonds is 10. The second kappa shape index (κ2) is 11.6. The number of fused-ring (bicyclic) bond motifs is 1. The highest BCUT2D eigenvalue weighted by Gasteiger charge is 2.33. The molecule has 0 saturated heterocycles. The fraction of sp³-hybridized carbons (Fsp3) is 0.360. The van der Waals surface area contributed by atoms with Gasteiger partial charge in [-0.3, -0.25) is 9.59 Å². The van der Waals surface area contributed by atoms with E-state index in [4.69, 9.17) is 9.47 Å². The summed E-state index contributed by atoms with van der Waals surface area (Å²) in [5.41, 5.74) is 1.02. The lowest BCUT2D eigenvalue weighted by Gasteiger charge is -2.37. The third-order valence-electron chi connectivity index (χ3n) is 5.77. The minimum absolute atomic E-state index is 0.0316. The number of para-hydroxylation sites is 1. The largest absolute Gasteiger partial charge is 0.488 e. The summed E-state index contributed by atoms with van der Waals surface area (Å²) in [6.45, 7) is 1.56. The summed E-state index contributed by atoms with van der Waals surface area (Å²) in [5, 5.41) is 3.85. The molecule has 3 heterocycles. The number of amides is 2. The molecule has 180 valence electrons. The van der Waals surface area contributed by atoms with Gasteiger partial charge >= 0.3 is 0 Å². The molecule has 1 aliphatic rings. The molecule has 0 N–H and O–H groups in total. The first-order valence-corrected chi connectivity index (χ1v) is 12.9. The highest BCUT2D eigenvalue weighted by atomic mass is 32.1. The molecule has 1 aromatic carbocycles. The zero-order chi connectivity index (χ0) is 23.9. The number of thiophene rings is 2. The third-order valence-corrected chi connectivity index (χ3v) is 7.62. The molecular weight excluding hydrogens is 475 g/mol.